The van der Waals surface area contributed by atoms with Gasteiger partial charge < -0.3 is 43.4 Å². The zero-order valence-electron chi connectivity index (χ0n) is 24.5. The van der Waals surface area contributed by atoms with E-state index >= 15 is 0 Å². The van der Waals surface area contributed by atoms with Crippen LogP contribution in [0.25, 0.3) is 0 Å². The molecule has 42 heavy (non-hydrogen) atoms. The Morgan fingerprint density at radius 1 is 1.19 bits per heavy atom. The number of aliphatic hydroxyl groups excluding tert-OH is 2. The molecule has 2 aliphatic heterocycles. The average molecular weight is 591 g/mol. The Bertz CT molecular complexity index is 1380. The molecule has 0 unspecified atom stereocenters. The number of furan rings is 1. The molecular formula is C30H38O12. The normalized spacial score (nSPS) is 53.7. The number of cyclic esters (lactones) is 1. The van der Waals surface area contributed by atoms with Crippen molar-refractivity contribution in [1.29, 1.82) is 0 Å². The summed E-state index contributed by atoms with van der Waals surface area (Å²) in [5.41, 5.74) is -8.23. The monoisotopic (exact) mass is 590 g/mol. The summed E-state index contributed by atoms with van der Waals surface area (Å²) >= 11 is 0. The zero-order valence-corrected chi connectivity index (χ0v) is 24.5. The number of methoxy groups -OCH3 is 2. The maximum absolute atomic E-state index is 13.5. The summed E-state index contributed by atoms with van der Waals surface area (Å²) in [4.78, 5) is 39.5. The van der Waals surface area contributed by atoms with Gasteiger partial charge in [-0.1, -0.05) is 20.8 Å². The Labute approximate surface area is 242 Å². The molecule has 1 aromatic heterocycles. The second-order valence-electron chi connectivity index (χ2n) is 14.0. The van der Waals surface area contributed by atoms with Gasteiger partial charge in [0.25, 0.3) is 0 Å². The van der Waals surface area contributed by atoms with E-state index in [4.69, 9.17) is 28.1 Å². The zero-order chi connectivity index (χ0) is 30.5. The molecule has 0 amide bonds. The van der Waals surface area contributed by atoms with Crippen molar-refractivity contribution in [3.63, 3.8) is 0 Å². The molecule has 12 nitrogen and oxygen atoms in total. The van der Waals surface area contributed by atoms with Crippen molar-refractivity contribution in [2.45, 2.75) is 94.3 Å². The second-order valence-corrected chi connectivity index (χ2v) is 14.0. The van der Waals surface area contributed by atoms with E-state index in [1.54, 1.807) is 13.0 Å². The van der Waals surface area contributed by atoms with Gasteiger partial charge in [0.1, 0.15) is 29.0 Å². The fourth-order valence-electron chi connectivity index (χ4n) is 11.8. The van der Waals surface area contributed by atoms with E-state index in [1.807, 2.05) is 13.8 Å². The molecule has 2 saturated heterocycles. The highest BCUT2D eigenvalue weighted by Gasteiger charge is 3.00. The van der Waals surface area contributed by atoms with Crippen LogP contribution in [0.3, 0.4) is 0 Å². The van der Waals surface area contributed by atoms with Crippen LogP contribution in [0.15, 0.2) is 23.0 Å². The quantitative estimate of drug-likeness (QED) is 0.333. The van der Waals surface area contributed by atoms with Crippen LogP contribution in [0, 0.1) is 34.0 Å². The Kier molecular flexibility index (Phi) is 5.35. The maximum atomic E-state index is 13.5. The average Bonchev–Trinajstić information content (AvgIpc) is 3.61. The van der Waals surface area contributed by atoms with Crippen LogP contribution in [0.1, 0.15) is 65.0 Å². The minimum atomic E-state index is -1.98. The Morgan fingerprint density at radius 3 is 2.50 bits per heavy atom. The lowest BCUT2D eigenvalue weighted by molar-refractivity contribution is -0.369. The van der Waals surface area contributed by atoms with Crippen molar-refractivity contribution < 1.29 is 57.8 Å². The fourth-order valence-corrected chi connectivity index (χ4v) is 11.8. The number of ether oxygens (including phenoxy) is 5. The van der Waals surface area contributed by atoms with Gasteiger partial charge in [0, 0.05) is 47.7 Å². The predicted octanol–water partition coefficient (Wildman–Crippen LogP) is 1.40. The fraction of sp³-hybridized carbons (Fsp3) is 0.767. The van der Waals surface area contributed by atoms with E-state index in [0.717, 1.165) is 7.11 Å². The number of carbonyl (C=O) groups is 3. The van der Waals surface area contributed by atoms with E-state index in [1.165, 1.54) is 26.6 Å². The molecule has 2 bridgehead atoms. The first kappa shape index (κ1) is 28.3. The van der Waals surface area contributed by atoms with E-state index in [0.29, 0.717) is 18.4 Å². The van der Waals surface area contributed by atoms with Crippen molar-refractivity contribution in [2.75, 3.05) is 14.2 Å². The second kappa shape index (κ2) is 7.95. The lowest BCUT2D eigenvalue weighted by Gasteiger charge is -2.63. The lowest BCUT2D eigenvalue weighted by Crippen LogP contribution is -2.73. The summed E-state index contributed by atoms with van der Waals surface area (Å²) in [6.07, 6.45) is -0.776. The van der Waals surface area contributed by atoms with Crippen LogP contribution >= 0.6 is 0 Å². The first-order chi connectivity index (χ1) is 19.6. The number of aliphatic hydroxyl groups is 3. The minimum absolute atomic E-state index is 0.0102. The van der Waals surface area contributed by atoms with Gasteiger partial charge >= 0.3 is 17.9 Å². The Morgan fingerprint density at radius 2 is 1.90 bits per heavy atom. The SMILES string of the molecule is COC(=O)[C@@H](O)[C@H]1[C@]2(C)C[C@@]3(OC(C)=O)[C@@H]4[C@](OC)(O[C@@]56CC(=O)O[C@@H](c7ccoc7)[C@]5(C)CC[C@H]([C@@]13C)[C@]46O)[C@H]2O. The van der Waals surface area contributed by atoms with Crippen LogP contribution in [-0.2, 0) is 38.1 Å². The molecule has 13 atom stereocenters. The van der Waals surface area contributed by atoms with Gasteiger partial charge in [-0.05, 0) is 25.3 Å². The molecule has 6 fully saturated rings. The summed E-state index contributed by atoms with van der Waals surface area (Å²) in [5, 5.41) is 37.5. The van der Waals surface area contributed by atoms with Gasteiger partial charge in [-0.3, -0.25) is 9.59 Å². The molecule has 7 rings (SSSR count). The number of hydrogen-bond acceptors (Lipinski definition) is 12. The smallest absolute Gasteiger partial charge is 0.335 e. The molecule has 4 saturated carbocycles. The topological polar surface area (TPSA) is 171 Å². The van der Waals surface area contributed by atoms with Crippen molar-refractivity contribution in [3.05, 3.63) is 24.2 Å². The first-order valence-corrected chi connectivity index (χ1v) is 14.4. The highest BCUT2D eigenvalue weighted by Crippen LogP contribution is 2.88. The molecule has 230 valence electrons. The Hall–Kier alpha value is -2.51. The number of carbonyl (C=O) groups excluding carboxylic acids is 3. The molecule has 12 heteroatoms. The molecule has 0 radical (unpaired) electrons. The summed E-state index contributed by atoms with van der Waals surface area (Å²) in [5.74, 6) is -7.14. The molecular weight excluding hydrogens is 552 g/mol. The number of esters is 3. The standard InChI is InChI=1S/C30H38O12/c1-14(31)41-27-13-24(2)19(18(33)21(34)37-5)26(27,4)16-7-9-25(3)20(15-8-10-39-12-15)40-17(32)11-28(25)29(16,36)22(27)30(38-6,42-28)23(24)35/h8,10,12,16,18-20,22-23,33,35-36H,7,9,11,13H2,1-6H3/t16-,18+,19+,20+,22+,23+,24+,25+,26+,27-,28+,29+,30+/m1/s1. The number of hydrogen-bond donors (Lipinski definition) is 3. The van der Waals surface area contributed by atoms with Crippen LogP contribution in [-0.4, -0.2) is 82.2 Å². The van der Waals surface area contributed by atoms with Crippen molar-refractivity contribution in [2.24, 2.45) is 34.0 Å². The molecule has 4 aliphatic carbocycles. The summed E-state index contributed by atoms with van der Waals surface area (Å²) in [6, 6.07) is 1.70. The van der Waals surface area contributed by atoms with E-state index in [-0.39, 0.29) is 12.8 Å². The highest BCUT2D eigenvalue weighted by molar-refractivity contribution is 5.76. The van der Waals surface area contributed by atoms with Crippen LogP contribution in [0.5, 0.6) is 0 Å². The third-order valence-corrected chi connectivity index (χ3v) is 12.8. The molecule has 1 spiro atoms. The van der Waals surface area contributed by atoms with E-state index < -0.39 is 92.8 Å². The van der Waals surface area contributed by atoms with Crippen molar-refractivity contribution in [3.8, 4) is 0 Å². The predicted molar refractivity (Wildman–Crippen MR) is 138 cm³/mol. The van der Waals surface area contributed by atoms with Gasteiger partial charge in [0.2, 0.25) is 5.79 Å². The first-order valence-electron chi connectivity index (χ1n) is 14.4. The van der Waals surface area contributed by atoms with Crippen LogP contribution in [0.4, 0.5) is 0 Å². The van der Waals surface area contributed by atoms with E-state index in [9.17, 15) is 29.7 Å². The van der Waals surface area contributed by atoms with Crippen LogP contribution < -0.4 is 0 Å². The summed E-state index contributed by atoms with van der Waals surface area (Å²) in [6.45, 7) is 6.67. The number of fused-ring (bicyclic) bond motifs is 2. The van der Waals surface area contributed by atoms with Crippen molar-refractivity contribution >= 4 is 17.9 Å². The Balaban J connectivity index is 1.57. The molecule has 3 heterocycles. The number of rotatable bonds is 5. The van der Waals surface area contributed by atoms with E-state index in [2.05, 4.69) is 0 Å². The van der Waals surface area contributed by atoms with Gasteiger partial charge in [0.15, 0.2) is 6.10 Å². The van der Waals surface area contributed by atoms with Gasteiger partial charge in [-0.25, -0.2) is 4.79 Å². The highest BCUT2D eigenvalue weighted by atomic mass is 16.7. The molecule has 3 N–H and O–H groups in total. The summed E-state index contributed by atoms with van der Waals surface area (Å²) < 4.78 is 35.7. The third kappa shape index (κ3) is 2.53. The largest absolute Gasteiger partial charge is 0.472 e. The molecule has 6 aliphatic rings. The maximum Gasteiger partial charge on any atom is 0.335 e. The van der Waals surface area contributed by atoms with Gasteiger partial charge in [0.05, 0.1) is 32.0 Å². The molecule has 1 aromatic rings. The van der Waals surface area contributed by atoms with Gasteiger partial charge in [-0.2, -0.15) is 0 Å². The summed E-state index contributed by atoms with van der Waals surface area (Å²) in [7, 11) is 2.51. The van der Waals surface area contributed by atoms with Crippen LogP contribution in [0.2, 0.25) is 0 Å². The lowest BCUT2D eigenvalue weighted by atomic mass is 9.45. The third-order valence-electron chi connectivity index (χ3n) is 12.8. The van der Waals surface area contributed by atoms with Gasteiger partial charge in [-0.15, -0.1) is 0 Å². The van der Waals surface area contributed by atoms with Crippen molar-refractivity contribution in [1.82, 2.24) is 0 Å². The minimum Gasteiger partial charge on any atom is -0.472 e. The molecule has 0 aromatic carbocycles.